The Bertz CT molecular complexity index is 1090. The topological polar surface area (TPSA) is 132 Å². The molecule has 0 saturated carbocycles. The van der Waals surface area contributed by atoms with Crippen LogP contribution in [0.4, 0.5) is 4.39 Å². The first-order chi connectivity index (χ1) is 16.4. The molecule has 0 aromatic heterocycles. The van der Waals surface area contributed by atoms with Crippen LogP contribution in [0.5, 0.6) is 5.75 Å². The number of ether oxygens (including phenoxy) is 2. The second kappa shape index (κ2) is 10.1. The zero-order valence-corrected chi connectivity index (χ0v) is 18.8. The molecular formula is C24H28FN5O4. The van der Waals surface area contributed by atoms with Gasteiger partial charge in [-0.3, -0.25) is 14.6 Å². The van der Waals surface area contributed by atoms with Crippen molar-refractivity contribution in [3.05, 3.63) is 76.6 Å². The van der Waals surface area contributed by atoms with E-state index in [2.05, 4.69) is 10.7 Å². The summed E-state index contributed by atoms with van der Waals surface area (Å²) in [4.78, 5) is 24.7. The number of rotatable bonds is 7. The van der Waals surface area contributed by atoms with Crippen LogP contribution in [0.1, 0.15) is 33.9 Å². The molecule has 34 heavy (non-hydrogen) atoms. The smallest absolute Gasteiger partial charge is 0.255 e. The Morgan fingerprint density at radius 2 is 1.97 bits per heavy atom. The lowest BCUT2D eigenvalue weighted by Crippen LogP contribution is -2.52. The summed E-state index contributed by atoms with van der Waals surface area (Å²) in [5.41, 5.74) is 17.2. The predicted molar refractivity (Wildman–Crippen MR) is 123 cm³/mol. The normalized spacial score (nSPS) is 22.5. The highest BCUT2D eigenvalue weighted by Crippen LogP contribution is 2.33. The highest BCUT2D eigenvalue weighted by molar-refractivity contribution is 5.97. The van der Waals surface area contributed by atoms with E-state index < -0.39 is 24.2 Å². The molecule has 9 nitrogen and oxygen atoms in total. The van der Waals surface area contributed by atoms with Crippen molar-refractivity contribution < 1.29 is 23.5 Å². The van der Waals surface area contributed by atoms with Crippen LogP contribution in [0.25, 0.3) is 0 Å². The molecule has 2 heterocycles. The van der Waals surface area contributed by atoms with Gasteiger partial charge in [-0.25, -0.2) is 9.82 Å². The van der Waals surface area contributed by atoms with E-state index in [0.717, 1.165) is 11.1 Å². The number of hydrazine groups is 1. The number of benzene rings is 2. The maximum absolute atomic E-state index is 14.5. The first kappa shape index (κ1) is 23.5. The van der Waals surface area contributed by atoms with Gasteiger partial charge in [-0.2, -0.15) is 0 Å². The molecule has 1 fully saturated rings. The van der Waals surface area contributed by atoms with Gasteiger partial charge in [-0.05, 0) is 29.7 Å². The molecule has 2 aromatic rings. The van der Waals surface area contributed by atoms with Crippen molar-refractivity contribution in [3.8, 4) is 5.75 Å². The molecule has 3 unspecified atom stereocenters. The summed E-state index contributed by atoms with van der Waals surface area (Å²) in [7, 11) is 1.51. The van der Waals surface area contributed by atoms with Crippen LogP contribution in [-0.4, -0.2) is 49.4 Å². The molecule has 2 aromatic carbocycles. The number of carbonyl (C=O) groups is 2. The van der Waals surface area contributed by atoms with E-state index in [9.17, 15) is 14.0 Å². The minimum atomic E-state index is -1.25. The number of halogens is 1. The Balaban J connectivity index is 1.46. The van der Waals surface area contributed by atoms with Gasteiger partial charge < -0.3 is 26.3 Å². The molecule has 3 atom stereocenters. The second-order valence-corrected chi connectivity index (χ2v) is 8.17. The van der Waals surface area contributed by atoms with E-state index in [1.807, 2.05) is 24.3 Å². The first-order valence-electron chi connectivity index (χ1n) is 11.0. The van der Waals surface area contributed by atoms with Crippen LogP contribution >= 0.6 is 0 Å². The van der Waals surface area contributed by atoms with Gasteiger partial charge in [0.15, 0.2) is 0 Å². The minimum Gasteiger partial charge on any atom is -0.496 e. The molecule has 4 rings (SSSR count). The molecule has 10 heteroatoms. The molecule has 1 saturated heterocycles. The second-order valence-electron chi connectivity index (χ2n) is 8.17. The molecule has 0 aliphatic carbocycles. The Morgan fingerprint density at radius 3 is 2.65 bits per heavy atom. The van der Waals surface area contributed by atoms with Crippen molar-refractivity contribution in [2.24, 2.45) is 11.5 Å². The van der Waals surface area contributed by atoms with Crippen molar-refractivity contribution in [3.63, 3.8) is 0 Å². The van der Waals surface area contributed by atoms with E-state index in [1.165, 1.54) is 12.1 Å². The molecule has 2 amide bonds. The van der Waals surface area contributed by atoms with Gasteiger partial charge in [0.2, 0.25) is 5.91 Å². The number of nitrogens with one attached hydrogen (secondary N) is 2. The van der Waals surface area contributed by atoms with Crippen molar-refractivity contribution in [2.45, 2.75) is 31.2 Å². The average Bonchev–Trinajstić information content (AvgIpc) is 3.20. The van der Waals surface area contributed by atoms with Crippen molar-refractivity contribution in [2.75, 3.05) is 20.3 Å². The lowest BCUT2D eigenvalue weighted by atomic mass is 9.98. The predicted octanol–water partition coefficient (Wildman–Crippen LogP) is 1.27. The third-order valence-corrected chi connectivity index (χ3v) is 6.06. The summed E-state index contributed by atoms with van der Waals surface area (Å²) in [6.45, 7) is 0.679. The fraction of sp³-hybridized carbons (Fsp3) is 0.333. The average molecular weight is 470 g/mol. The number of para-hydroxylation sites is 1. The molecule has 6 N–H and O–H groups in total. The third-order valence-electron chi connectivity index (χ3n) is 6.06. The van der Waals surface area contributed by atoms with E-state index in [1.54, 1.807) is 24.3 Å². The first-order valence-corrected chi connectivity index (χ1v) is 11.0. The molecule has 0 spiro atoms. The van der Waals surface area contributed by atoms with Crippen molar-refractivity contribution in [1.29, 1.82) is 0 Å². The maximum atomic E-state index is 14.5. The molecule has 0 radical (unpaired) electrons. The summed E-state index contributed by atoms with van der Waals surface area (Å²) in [6, 6.07) is 13.1. The van der Waals surface area contributed by atoms with Crippen LogP contribution in [-0.2, 0) is 16.1 Å². The number of amides is 2. The zero-order valence-electron chi connectivity index (χ0n) is 18.8. The van der Waals surface area contributed by atoms with E-state index in [0.29, 0.717) is 30.9 Å². The van der Waals surface area contributed by atoms with Crippen molar-refractivity contribution in [1.82, 2.24) is 15.8 Å². The number of alkyl halides is 1. The molecule has 0 bridgehead atoms. The van der Waals surface area contributed by atoms with Gasteiger partial charge in [-0.15, -0.1) is 0 Å². The van der Waals surface area contributed by atoms with Crippen LogP contribution in [0.2, 0.25) is 0 Å². The summed E-state index contributed by atoms with van der Waals surface area (Å²) >= 11 is 0. The van der Waals surface area contributed by atoms with Gasteiger partial charge in [0.1, 0.15) is 17.7 Å². The number of primary amides is 1. The van der Waals surface area contributed by atoms with Crippen LogP contribution in [0.15, 0.2) is 59.9 Å². The summed E-state index contributed by atoms with van der Waals surface area (Å²) in [5.74, 6) is -0.303. The highest BCUT2D eigenvalue weighted by Gasteiger charge is 2.41. The zero-order chi connectivity index (χ0) is 24.2. The molecule has 2 aliphatic heterocycles. The summed E-state index contributed by atoms with van der Waals surface area (Å²) < 4.78 is 24.9. The number of methoxy groups -OCH3 is 1. The van der Waals surface area contributed by atoms with Gasteiger partial charge in [0.25, 0.3) is 5.91 Å². The lowest BCUT2D eigenvalue weighted by molar-refractivity contribution is -0.114. The molecule has 2 aliphatic rings. The molecular weight excluding hydrogens is 441 g/mol. The number of nitrogens with two attached hydrogens (primary N) is 2. The fourth-order valence-corrected chi connectivity index (χ4v) is 4.26. The maximum Gasteiger partial charge on any atom is 0.255 e. The highest BCUT2D eigenvalue weighted by atomic mass is 19.1. The molecule has 180 valence electrons. The third kappa shape index (κ3) is 4.68. The Hall–Kier alpha value is -3.63. The van der Waals surface area contributed by atoms with Gasteiger partial charge in [-0.1, -0.05) is 36.4 Å². The Kier molecular flexibility index (Phi) is 6.99. The summed E-state index contributed by atoms with van der Waals surface area (Å²) in [6.07, 6.45) is -0.819. The largest absolute Gasteiger partial charge is 0.496 e. The standard InChI is InChI=1S/C24H28FN5O4/c1-33-19-5-3-2-4-16(19)24(32)28-12-14-6-8-15(9-7-14)21-20(23(27)31)22(26)30(29-21)18-10-11-34-13-17(18)25/h2-9,17-18,21,29H,10-13,26H2,1H3,(H2,27,31)(H,28,32). The Labute approximate surface area is 196 Å². The van der Waals surface area contributed by atoms with E-state index >= 15 is 0 Å². The van der Waals surface area contributed by atoms with Crippen molar-refractivity contribution >= 4 is 11.8 Å². The van der Waals surface area contributed by atoms with E-state index in [4.69, 9.17) is 20.9 Å². The number of carbonyl (C=O) groups excluding carboxylic acids is 2. The Morgan fingerprint density at radius 1 is 1.24 bits per heavy atom. The number of hydrogen-bond acceptors (Lipinski definition) is 7. The van der Waals surface area contributed by atoms with Crippen LogP contribution in [0, 0.1) is 0 Å². The lowest BCUT2D eigenvalue weighted by Gasteiger charge is -2.35. The van der Waals surface area contributed by atoms with Gasteiger partial charge in [0.05, 0.1) is 36.9 Å². The summed E-state index contributed by atoms with van der Waals surface area (Å²) in [5, 5.41) is 4.37. The van der Waals surface area contributed by atoms with E-state index in [-0.39, 0.29) is 23.9 Å². The van der Waals surface area contributed by atoms with Crippen LogP contribution in [0.3, 0.4) is 0 Å². The van der Waals surface area contributed by atoms with Gasteiger partial charge >= 0.3 is 0 Å². The number of nitrogens with zero attached hydrogens (tertiary/aromatic N) is 1. The monoisotopic (exact) mass is 469 g/mol. The van der Waals surface area contributed by atoms with Gasteiger partial charge in [0, 0.05) is 13.2 Å². The minimum absolute atomic E-state index is 0.0258. The fourth-order valence-electron chi connectivity index (χ4n) is 4.26. The van der Waals surface area contributed by atoms with Crippen LogP contribution < -0.4 is 26.9 Å². The quantitative estimate of drug-likeness (QED) is 0.480. The number of hydrogen-bond donors (Lipinski definition) is 4. The SMILES string of the molecule is COc1ccccc1C(=O)NCc1ccc(C2NN(C3CCOCC3F)C(N)=C2C(N)=O)cc1.